The van der Waals surface area contributed by atoms with Gasteiger partial charge in [0.25, 0.3) is 5.91 Å². The van der Waals surface area contributed by atoms with Crippen molar-refractivity contribution >= 4 is 41.5 Å². The SMILES string of the molecule is CC(=O)N[C@@H]1[C@@H](NC(C)=O)[C@H](O[C@H]2[C@H](O)[C@@H](CO)O[C@H](O)[C@@H]2NC(C)=O)O[C@H](C(=O)[O-])[C@H]1O[C@@H]1O[C@H](C(=O)N[C@H](C(=O)[O-])[C@@H](C)O)[C@@H](O)[C@H](O)[C@H]1NC(C)=O. The van der Waals surface area contributed by atoms with E-state index in [9.17, 15) is 74.4 Å². The maximum atomic E-state index is 13.1. The van der Waals surface area contributed by atoms with E-state index in [4.69, 9.17) is 23.7 Å². The van der Waals surface area contributed by atoms with E-state index in [2.05, 4.69) is 21.3 Å². The van der Waals surface area contributed by atoms with Crippen LogP contribution in [0.15, 0.2) is 0 Å². The second kappa shape index (κ2) is 19.1. The molecule has 3 heterocycles. The van der Waals surface area contributed by atoms with Gasteiger partial charge in [0.2, 0.25) is 23.6 Å². The zero-order chi connectivity index (χ0) is 41.6. The molecule has 5 amide bonds. The quantitative estimate of drug-likeness (QED) is 0.0777. The van der Waals surface area contributed by atoms with Crippen LogP contribution >= 0.6 is 0 Å². The Morgan fingerprint density at radius 1 is 0.655 bits per heavy atom. The molecule has 3 aliphatic rings. The van der Waals surface area contributed by atoms with Crippen LogP contribution in [0.25, 0.3) is 0 Å². The van der Waals surface area contributed by atoms with Crippen LogP contribution < -0.4 is 36.8 Å². The molecule has 25 nitrogen and oxygen atoms in total. The van der Waals surface area contributed by atoms with Gasteiger partial charge in [-0.1, -0.05) is 0 Å². The number of aliphatic carboxylic acids is 2. The highest BCUT2D eigenvalue weighted by atomic mass is 16.7. The Morgan fingerprint density at radius 2 is 1.13 bits per heavy atom. The number of nitrogens with one attached hydrogen (secondary N) is 5. The van der Waals surface area contributed by atoms with Crippen LogP contribution in [0, 0.1) is 0 Å². The Balaban J connectivity index is 2.11. The fourth-order valence-electron chi connectivity index (χ4n) is 6.27. The molecule has 0 aromatic rings. The van der Waals surface area contributed by atoms with Gasteiger partial charge in [0.15, 0.2) is 25.0 Å². The summed E-state index contributed by atoms with van der Waals surface area (Å²) in [6.07, 6.45) is -24.2. The van der Waals surface area contributed by atoms with Gasteiger partial charge in [-0.15, -0.1) is 0 Å². The summed E-state index contributed by atoms with van der Waals surface area (Å²) in [5.74, 6) is -8.90. The van der Waals surface area contributed by atoms with Crippen molar-refractivity contribution < 1.29 is 98.1 Å². The standard InChI is InChI=1S/C30H47N5O20/c1-7(37)13(26(46)47)35-25(45)23-20(44)19(43)16(33-10(4)40)30(54-23)53-22-14(31-8(2)38)15(32-9(3)39)29(55-24(22)27(48)49)52-21-17(34-11(5)41)28(50)51-12(6-36)18(21)42/h7,12-24,28-30,36-37,42-44,50H,6H2,1-5H3,(H,31,38)(H,32,39)(H,33,40)(H,34,41)(H,35,45)(H,46,47)(H,48,49)/p-2/t7-,12-,13+,14-,15-,16-,17-,18-,19-,20+,21-,22+,23+,24+,28+,29-,30-/m1/s1. The van der Waals surface area contributed by atoms with Crippen LogP contribution in [-0.4, -0.2) is 183 Å². The fraction of sp³-hybridized carbons (Fsp3) is 0.767. The number of ether oxygens (including phenoxy) is 5. The number of carboxylic acid groups (broad SMARTS) is 2. The number of carboxylic acids is 2. The molecule has 0 radical (unpaired) electrons. The maximum Gasteiger partial charge on any atom is 0.252 e. The highest BCUT2D eigenvalue weighted by Gasteiger charge is 2.56. The maximum absolute atomic E-state index is 13.1. The summed E-state index contributed by atoms with van der Waals surface area (Å²) in [5.41, 5.74) is 0. The molecule has 0 saturated carbocycles. The number of aliphatic hydroxyl groups is 6. The number of carbonyl (C=O) groups is 7. The minimum atomic E-state index is -2.39. The molecule has 3 aliphatic heterocycles. The van der Waals surface area contributed by atoms with E-state index in [1.165, 1.54) is 0 Å². The van der Waals surface area contributed by atoms with Crippen molar-refractivity contribution in [3.8, 4) is 0 Å². The van der Waals surface area contributed by atoms with Crippen molar-refractivity contribution in [3.05, 3.63) is 0 Å². The fourth-order valence-corrected chi connectivity index (χ4v) is 6.27. The van der Waals surface area contributed by atoms with Gasteiger partial charge in [-0.2, -0.15) is 0 Å². The van der Waals surface area contributed by atoms with Crippen LogP contribution in [0.5, 0.6) is 0 Å². The Kier molecular flexibility index (Phi) is 15.7. The van der Waals surface area contributed by atoms with Crippen LogP contribution in [-0.2, 0) is 57.2 Å². The molecule has 0 aromatic heterocycles. The number of carbonyl (C=O) groups excluding carboxylic acids is 7. The third kappa shape index (κ3) is 11.0. The number of amides is 5. The van der Waals surface area contributed by atoms with Crippen molar-refractivity contribution in [1.82, 2.24) is 26.6 Å². The Hall–Kier alpha value is -4.15. The molecule has 3 fully saturated rings. The first-order chi connectivity index (χ1) is 25.6. The second-order valence-corrected chi connectivity index (χ2v) is 13.0. The number of rotatable bonds is 14. The van der Waals surface area contributed by atoms with Gasteiger partial charge in [-0.3, -0.25) is 24.0 Å². The van der Waals surface area contributed by atoms with Crippen LogP contribution in [0.3, 0.4) is 0 Å². The van der Waals surface area contributed by atoms with Gasteiger partial charge >= 0.3 is 0 Å². The summed E-state index contributed by atoms with van der Waals surface area (Å²) < 4.78 is 28.2. The average molecular weight is 796 g/mol. The van der Waals surface area contributed by atoms with E-state index in [0.717, 1.165) is 34.6 Å². The lowest BCUT2D eigenvalue weighted by atomic mass is 9.91. The zero-order valence-electron chi connectivity index (χ0n) is 29.9. The zero-order valence-corrected chi connectivity index (χ0v) is 29.9. The minimum absolute atomic E-state index is 0.766. The van der Waals surface area contributed by atoms with Gasteiger partial charge < -0.3 is 101 Å². The lowest BCUT2D eigenvalue weighted by Crippen LogP contribution is -2.75. The predicted molar refractivity (Wildman–Crippen MR) is 167 cm³/mol. The van der Waals surface area contributed by atoms with Crippen LogP contribution in [0.4, 0.5) is 0 Å². The minimum Gasteiger partial charge on any atom is -0.548 e. The van der Waals surface area contributed by atoms with E-state index in [-0.39, 0.29) is 0 Å². The largest absolute Gasteiger partial charge is 0.548 e. The molecule has 3 rings (SSSR count). The second-order valence-electron chi connectivity index (χ2n) is 13.0. The Bertz CT molecular complexity index is 1440. The number of aliphatic hydroxyl groups excluding tert-OH is 6. The summed E-state index contributed by atoms with van der Waals surface area (Å²) in [4.78, 5) is 86.6. The number of hydrogen-bond donors (Lipinski definition) is 11. The monoisotopic (exact) mass is 795 g/mol. The summed E-state index contributed by atoms with van der Waals surface area (Å²) in [6.45, 7) is 4.04. The molecule has 11 N–H and O–H groups in total. The van der Waals surface area contributed by atoms with Crippen molar-refractivity contribution in [3.63, 3.8) is 0 Å². The molecule has 0 bridgehead atoms. The molecule has 3 saturated heterocycles. The first-order valence-electron chi connectivity index (χ1n) is 16.7. The van der Waals surface area contributed by atoms with Crippen molar-refractivity contribution in [2.45, 2.75) is 139 Å². The van der Waals surface area contributed by atoms with E-state index >= 15 is 0 Å². The van der Waals surface area contributed by atoms with Gasteiger partial charge in [0.05, 0.1) is 36.7 Å². The Morgan fingerprint density at radius 3 is 1.62 bits per heavy atom. The van der Waals surface area contributed by atoms with Gasteiger partial charge in [0.1, 0.15) is 60.9 Å². The molecular formula is C30H45N5O20-2. The predicted octanol–water partition coefficient (Wildman–Crippen LogP) is -10.6. The third-order valence-corrected chi connectivity index (χ3v) is 8.68. The van der Waals surface area contributed by atoms with Crippen molar-refractivity contribution in [2.24, 2.45) is 0 Å². The van der Waals surface area contributed by atoms with E-state index in [1.807, 2.05) is 5.32 Å². The topological polar surface area (TPSA) is 393 Å². The molecular weight excluding hydrogens is 750 g/mol. The molecule has 312 valence electrons. The summed E-state index contributed by atoms with van der Waals surface area (Å²) in [5, 5.41) is 98.2. The summed E-state index contributed by atoms with van der Waals surface area (Å²) in [7, 11) is 0. The molecule has 0 aromatic carbocycles. The van der Waals surface area contributed by atoms with Crippen LogP contribution in [0.2, 0.25) is 0 Å². The molecule has 0 spiro atoms. The van der Waals surface area contributed by atoms with E-state index < -0.39 is 152 Å². The molecule has 17 atom stereocenters. The van der Waals surface area contributed by atoms with Crippen LogP contribution in [0.1, 0.15) is 34.6 Å². The molecule has 0 aliphatic carbocycles. The first-order valence-corrected chi connectivity index (χ1v) is 16.7. The van der Waals surface area contributed by atoms with Gasteiger partial charge in [0, 0.05) is 27.7 Å². The third-order valence-electron chi connectivity index (χ3n) is 8.68. The molecule has 25 heteroatoms. The molecule has 55 heavy (non-hydrogen) atoms. The highest BCUT2D eigenvalue weighted by molar-refractivity contribution is 5.86. The molecule has 0 unspecified atom stereocenters. The van der Waals surface area contributed by atoms with Crippen molar-refractivity contribution in [1.29, 1.82) is 0 Å². The van der Waals surface area contributed by atoms with Gasteiger partial charge in [-0.25, -0.2) is 0 Å². The average Bonchev–Trinajstić information content (AvgIpc) is 3.06. The lowest BCUT2D eigenvalue weighted by molar-refractivity contribution is -0.359. The smallest absolute Gasteiger partial charge is 0.252 e. The van der Waals surface area contributed by atoms with E-state index in [0.29, 0.717) is 0 Å². The Labute approximate surface area is 311 Å². The summed E-state index contributed by atoms with van der Waals surface area (Å²) >= 11 is 0. The normalized spacial score (nSPS) is 37.3. The van der Waals surface area contributed by atoms with Gasteiger partial charge in [-0.05, 0) is 6.92 Å². The van der Waals surface area contributed by atoms with E-state index in [1.54, 1.807) is 0 Å². The van der Waals surface area contributed by atoms with Crippen molar-refractivity contribution in [2.75, 3.05) is 6.61 Å². The number of hydrogen-bond acceptors (Lipinski definition) is 20. The first kappa shape index (κ1) is 45.2. The highest BCUT2D eigenvalue weighted by Crippen LogP contribution is 2.33. The lowest BCUT2D eigenvalue weighted by Gasteiger charge is -2.51. The summed E-state index contributed by atoms with van der Waals surface area (Å²) in [6, 6.07) is -9.04.